The molecule has 39 heavy (non-hydrogen) atoms. The topological polar surface area (TPSA) is 86.8 Å². The molecule has 12 heteroatoms. The van der Waals surface area contributed by atoms with Crippen molar-refractivity contribution in [2.45, 2.75) is 37.8 Å². The smallest absolute Gasteiger partial charge is 0.264 e. The molecule has 3 aromatic rings. The lowest BCUT2D eigenvalue weighted by Gasteiger charge is -2.33. The number of anilines is 1. The van der Waals surface area contributed by atoms with Gasteiger partial charge in [-0.1, -0.05) is 77.1 Å². The number of hydrogen-bond acceptors (Lipinski definition) is 4. The summed E-state index contributed by atoms with van der Waals surface area (Å²) in [6.45, 7) is 2.79. The van der Waals surface area contributed by atoms with Gasteiger partial charge in [0.1, 0.15) is 12.6 Å². The van der Waals surface area contributed by atoms with Crippen LogP contribution in [0.25, 0.3) is 0 Å². The summed E-state index contributed by atoms with van der Waals surface area (Å²) >= 11 is 25.2. The largest absolute Gasteiger partial charge is 0.357 e. The maximum Gasteiger partial charge on any atom is 0.264 e. The van der Waals surface area contributed by atoms with Crippen LogP contribution in [0, 0.1) is 6.92 Å². The summed E-state index contributed by atoms with van der Waals surface area (Å²) < 4.78 is 28.7. The number of likely N-dealkylation sites (N-methyl/N-ethyl adjacent to an activating group) is 1. The van der Waals surface area contributed by atoms with Crippen LogP contribution in [0.2, 0.25) is 20.1 Å². The number of benzene rings is 3. The van der Waals surface area contributed by atoms with Crippen LogP contribution >= 0.6 is 46.4 Å². The second-order valence-corrected chi connectivity index (χ2v) is 12.3. The molecule has 1 N–H and O–H groups in total. The summed E-state index contributed by atoms with van der Waals surface area (Å²) in [6, 6.07) is 14.4. The second kappa shape index (κ2) is 13.2. The molecule has 208 valence electrons. The number of sulfonamides is 1. The van der Waals surface area contributed by atoms with Gasteiger partial charge in [-0.3, -0.25) is 13.9 Å². The molecule has 0 bridgehead atoms. The summed E-state index contributed by atoms with van der Waals surface area (Å²) in [5, 5.41) is 3.54. The third-order valence-corrected chi connectivity index (χ3v) is 8.98. The lowest BCUT2D eigenvalue weighted by molar-refractivity contribution is -0.140. The Labute approximate surface area is 248 Å². The molecular formula is C27H27Cl4N3O4S. The van der Waals surface area contributed by atoms with E-state index in [1.54, 1.807) is 37.3 Å². The average molecular weight is 631 g/mol. The number of nitrogens with zero attached hydrogens (tertiary/aromatic N) is 2. The standard InChI is InChI=1S/C27H27Cl4N3O4S/c1-4-25(27(36)32-3)33(15-22-23(30)6-5-7-24(22)31)26(35)16-34(20-13-18(28)12-19(29)14-20)39(37,38)21-10-8-17(2)9-11-21/h5-14,25H,4,15-16H2,1-3H3,(H,32,36)/t25-/m0/s1. The van der Waals surface area contributed by atoms with Gasteiger partial charge in [0.25, 0.3) is 10.0 Å². The molecule has 0 fully saturated rings. The molecule has 0 heterocycles. The summed E-state index contributed by atoms with van der Waals surface area (Å²) in [7, 11) is -2.81. The van der Waals surface area contributed by atoms with Crippen LogP contribution in [0.1, 0.15) is 24.5 Å². The first-order chi connectivity index (χ1) is 18.4. The normalized spacial score (nSPS) is 12.1. The average Bonchev–Trinajstić information content (AvgIpc) is 2.88. The van der Waals surface area contributed by atoms with Crippen LogP contribution in [-0.2, 0) is 26.2 Å². The molecule has 0 unspecified atom stereocenters. The van der Waals surface area contributed by atoms with E-state index >= 15 is 0 Å². The van der Waals surface area contributed by atoms with Crippen molar-refractivity contribution < 1.29 is 18.0 Å². The first-order valence-corrected chi connectivity index (χ1v) is 14.8. The predicted octanol–water partition coefficient (Wildman–Crippen LogP) is 6.36. The molecule has 0 saturated carbocycles. The van der Waals surface area contributed by atoms with Gasteiger partial charge in [-0.2, -0.15) is 0 Å². The fraction of sp³-hybridized carbons (Fsp3) is 0.259. The van der Waals surface area contributed by atoms with Gasteiger partial charge < -0.3 is 10.2 Å². The Morgan fingerprint density at radius 2 is 1.49 bits per heavy atom. The number of carbonyl (C=O) groups excluding carboxylic acids is 2. The fourth-order valence-corrected chi connectivity index (χ4v) is 6.42. The highest BCUT2D eigenvalue weighted by Gasteiger charge is 2.34. The van der Waals surface area contributed by atoms with Crippen molar-refractivity contribution in [1.29, 1.82) is 0 Å². The molecule has 0 saturated heterocycles. The molecule has 1 atom stereocenters. The SMILES string of the molecule is CC[C@@H](C(=O)NC)N(Cc1c(Cl)cccc1Cl)C(=O)CN(c1cc(Cl)cc(Cl)c1)S(=O)(=O)c1ccc(C)cc1. The zero-order valence-corrected chi connectivity index (χ0v) is 25.3. The summed E-state index contributed by atoms with van der Waals surface area (Å²) in [5.41, 5.74) is 1.38. The number of carbonyl (C=O) groups is 2. The first kappa shape index (κ1) is 31.0. The Morgan fingerprint density at radius 3 is 2.00 bits per heavy atom. The van der Waals surface area contributed by atoms with Crippen molar-refractivity contribution in [3.8, 4) is 0 Å². The third-order valence-electron chi connectivity index (χ3n) is 6.05. The van der Waals surface area contributed by atoms with E-state index in [-0.39, 0.29) is 33.6 Å². The number of rotatable bonds is 10. The van der Waals surface area contributed by atoms with Gasteiger partial charge in [-0.15, -0.1) is 0 Å². The van der Waals surface area contributed by atoms with E-state index < -0.39 is 34.4 Å². The van der Waals surface area contributed by atoms with E-state index in [9.17, 15) is 18.0 Å². The number of halogens is 4. The number of amides is 2. The quantitative estimate of drug-likeness (QED) is 0.283. The Morgan fingerprint density at radius 1 is 0.923 bits per heavy atom. The van der Waals surface area contributed by atoms with Gasteiger partial charge in [0, 0.05) is 39.2 Å². The van der Waals surface area contributed by atoms with Crippen molar-refractivity contribution in [1.82, 2.24) is 10.2 Å². The highest BCUT2D eigenvalue weighted by Crippen LogP contribution is 2.31. The van der Waals surface area contributed by atoms with E-state index in [1.807, 2.05) is 6.92 Å². The van der Waals surface area contributed by atoms with E-state index in [0.717, 1.165) is 9.87 Å². The van der Waals surface area contributed by atoms with Gasteiger partial charge >= 0.3 is 0 Å². The van der Waals surface area contributed by atoms with E-state index in [1.165, 1.54) is 42.3 Å². The van der Waals surface area contributed by atoms with Gasteiger partial charge in [0.05, 0.1) is 10.6 Å². The molecule has 0 radical (unpaired) electrons. The Hall–Kier alpha value is -2.49. The number of aryl methyl sites for hydroxylation is 1. The lowest BCUT2D eigenvalue weighted by Crippen LogP contribution is -2.51. The van der Waals surface area contributed by atoms with Crippen molar-refractivity contribution in [2.24, 2.45) is 0 Å². The number of hydrogen-bond donors (Lipinski definition) is 1. The van der Waals surface area contributed by atoms with Crippen LogP contribution in [0.4, 0.5) is 5.69 Å². The molecule has 0 aliphatic carbocycles. The van der Waals surface area contributed by atoms with Crippen LogP contribution in [0.5, 0.6) is 0 Å². The van der Waals surface area contributed by atoms with Gasteiger partial charge in [-0.25, -0.2) is 8.42 Å². The van der Waals surface area contributed by atoms with Crippen LogP contribution in [-0.4, -0.2) is 44.8 Å². The summed E-state index contributed by atoms with van der Waals surface area (Å²) in [4.78, 5) is 28.0. The van der Waals surface area contributed by atoms with Gasteiger partial charge in [0.2, 0.25) is 11.8 Å². The van der Waals surface area contributed by atoms with Crippen molar-refractivity contribution in [3.63, 3.8) is 0 Å². The highest BCUT2D eigenvalue weighted by atomic mass is 35.5. The maximum atomic E-state index is 14.0. The molecular weight excluding hydrogens is 604 g/mol. The maximum absolute atomic E-state index is 14.0. The van der Waals surface area contributed by atoms with E-state index in [2.05, 4.69) is 5.32 Å². The van der Waals surface area contributed by atoms with Crippen LogP contribution < -0.4 is 9.62 Å². The van der Waals surface area contributed by atoms with Crippen LogP contribution in [0.15, 0.2) is 65.6 Å². The number of nitrogens with one attached hydrogen (secondary N) is 1. The molecule has 7 nitrogen and oxygen atoms in total. The van der Waals surface area contributed by atoms with Crippen molar-refractivity contribution in [2.75, 3.05) is 17.9 Å². The Balaban J connectivity index is 2.13. The molecule has 0 aliphatic rings. The van der Waals surface area contributed by atoms with Crippen molar-refractivity contribution >= 4 is 73.9 Å². The van der Waals surface area contributed by atoms with Gasteiger partial charge in [0.15, 0.2) is 0 Å². The molecule has 3 aromatic carbocycles. The molecule has 2 amide bonds. The minimum Gasteiger partial charge on any atom is -0.357 e. The summed E-state index contributed by atoms with van der Waals surface area (Å²) in [6.07, 6.45) is 0.251. The van der Waals surface area contributed by atoms with Crippen LogP contribution in [0.3, 0.4) is 0 Å². The third kappa shape index (κ3) is 7.38. The first-order valence-electron chi connectivity index (χ1n) is 11.9. The molecule has 0 spiro atoms. The Bertz CT molecular complexity index is 1430. The minimum absolute atomic E-state index is 0.0314. The minimum atomic E-state index is -4.26. The van der Waals surface area contributed by atoms with Gasteiger partial charge in [-0.05, 0) is 55.8 Å². The fourth-order valence-electron chi connectivity index (χ4n) is 3.99. The van der Waals surface area contributed by atoms with E-state index in [0.29, 0.717) is 15.6 Å². The zero-order valence-electron chi connectivity index (χ0n) is 21.4. The second-order valence-electron chi connectivity index (χ2n) is 8.71. The molecule has 0 aromatic heterocycles. The predicted molar refractivity (Wildman–Crippen MR) is 157 cm³/mol. The monoisotopic (exact) mass is 629 g/mol. The molecule has 3 rings (SSSR count). The summed E-state index contributed by atoms with van der Waals surface area (Å²) in [5.74, 6) is -1.08. The highest BCUT2D eigenvalue weighted by molar-refractivity contribution is 7.92. The van der Waals surface area contributed by atoms with E-state index in [4.69, 9.17) is 46.4 Å². The zero-order chi connectivity index (χ0) is 28.9. The Kier molecular flexibility index (Phi) is 10.5. The lowest BCUT2D eigenvalue weighted by atomic mass is 10.1. The molecule has 0 aliphatic heterocycles. The van der Waals surface area contributed by atoms with Crippen molar-refractivity contribution in [3.05, 3.63) is 91.9 Å².